The number of nitrogens with one attached hydrogen (secondary N) is 1. The van der Waals surface area contributed by atoms with Gasteiger partial charge in [-0.2, -0.15) is 5.10 Å². The first-order valence-corrected chi connectivity index (χ1v) is 12.0. The summed E-state index contributed by atoms with van der Waals surface area (Å²) in [5.74, 6) is 0.0987. The van der Waals surface area contributed by atoms with Gasteiger partial charge in [-0.1, -0.05) is 74.0 Å². The summed E-state index contributed by atoms with van der Waals surface area (Å²) in [5, 5.41) is 5.89. The molecule has 0 bridgehead atoms. The number of hydrazone groups is 1. The van der Waals surface area contributed by atoms with Gasteiger partial charge in [0, 0.05) is 5.56 Å². The Bertz CT molecular complexity index is 1350. The maximum Gasteiger partial charge on any atom is 0.343 e. The molecule has 4 aromatic rings. The van der Waals surface area contributed by atoms with Crippen LogP contribution in [0.25, 0.3) is 10.8 Å². The summed E-state index contributed by atoms with van der Waals surface area (Å²) in [7, 11) is 0. The molecule has 0 saturated heterocycles. The van der Waals surface area contributed by atoms with Crippen molar-refractivity contribution in [1.82, 2.24) is 5.43 Å². The number of carbonyl (C=O) groups excluding carboxylic acids is 2. The highest BCUT2D eigenvalue weighted by Gasteiger charge is 2.13. The number of nitrogens with zero attached hydrogens (tertiary/aromatic N) is 1. The third-order valence-corrected chi connectivity index (χ3v) is 5.64. The van der Waals surface area contributed by atoms with Crippen LogP contribution in [0.2, 0.25) is 0 Å². The molecule has 182 valence electrons. The molecular weight excluding hydrogens is 452 g/mol. The molecule has 0 aromatic heterocycles. The van der Waals surface area contributed by atoms with Crippen LogP contribution >= 0.6 is 0 Å². The summed E-state index contributed by atoms with van der Waals surface area (Å²) in [6.45, 7) is 1.99. The second kappa shape index (κ2) is 12.3. The number of carbonyl (C=O) groups is 2. The molecule has 0 heterocycles. The number of unbranched alkanes of at least 4 members (excludes halogenated alkanes) is 1. The van der Waals surface area contributed by atoms with Crippen LogP contribution in [-0.4, -0.2) is 24.7 Å². The van der Waals surface area contributed by atoms with Gasteiger partial charge in [0.15, 0.2) is 6.61 Å². The van der Waals surface area contributed by atoms with Gasteiger partial charge in [0.2, 0.25) is 0 Å². The first-order chi connectivity index (χ1) is 17.6. The number of esters is 1. The average molecular weight is 481 g/mol. The van der Waals surface area contributed by atoms with Crippen LogP contribution in [0, 0.1) is 0 Å². The van der Waals surface area contributed by atoms with E-state index in [0.717, 1.165) is 30.0 Å². The van der Waals surface area contributed by atoms with E-state index in [1.165, 1.54) is 11.8 Å². The smallest absolute Gasteiger partial charge is 0.343 e. The van der Waals surface area contributed by atoms with Gasteiger partial charge in [-0.05, 0) is 59.5 Å². The summed E-state index contributed by atoms with van der Waals surface area (Å²) in [5.41, 5.74) is 4.76. The molecule has 1 N–H and O–H groups in total. The highest BCUT2D eigenvalue weighted by molar-refractivity contribution is 6.04. The van der Waals surface area contributed by atoms with Gasteiger partial charge in [-0.25, -0.2) is 10.2 Å². The number of aryl methyl sites for hydroxylation is 1. The highest BCUT2D eigenvalue weighted by Crippen LogP contribution is 2.27. The summed E-state index contributed by atoms with van der Waals surface area (Å²) in [4.78, 5) is 24.9. The topological polar surface area (TPSA) is 77.0 Å². The lowest BCUT2D eigenvalue weighted by Gasteiger charge is -2.10. The minimum absolute atomic E-state index is 0.170. The Labute approximate surface area is 210 Å². The van der Waals surface area contributed by atoms with Gasteiger partial charge >= 0.3 is 5.97 Å². The van der Waals surface area contributed by atoms with E-state index in [1.807, 2.05) is 60.7 Å². The van der Waals surface area contributed by atoms with Crippen molar-refractivity contribution in [3.8, 4) is 11.5 Å². The van der Waals surface area contributed by atoms with E-state index in [9.17, 15) is 9.59 Å². The second-order valence-electron chi connectivity index (χ2n) is 8.28. The van der Waals surface area contributed by atoms with Crippen molar-refractivity contribution in [2.75, 3.05) is 6.61 Å². The maximum absolute atomic E-state index is 12.6. The van der Waals surface area contributed by atoms with Gasteiger partial charge in [0.1, 0.15) is 11.5 Å². The Morgan fingerprint density at radius 3 is 2.42 bits per heavy atom. The predicted molar refractivity (Wildman–Crippen MR) is 142 cm³/mol. The number of amides is 1. The molecule has 6 heteroatoms. The van der Waals surface area contributed by atoms with E-state index in [4.69, 9.17) is 9.47 Å². The van der Waals surface area contributed by atoms with Crippen molar-refractivity contribution < 1.29 is 19.1 Å². The molecular formula is C30H28N2O4. The van der Waals surface area contributed by atoms with Crippen molar-refractivity contribution in [2.24, 2.45) is 5.10 Å². The van der Waals surface area contributed by atoms with E-state index in [-0.39, 0.29) is 6.61 Å². The second-order valence-corrected chi connectivity index (χ2v) is 8.28. The minimum Gasteiger partial charge on any atom is -0.484 e. The van der Waals surface area contributed by atoms with Crippen molar-refractivity contribution in [3.05, 3.63) is 108 Å². The summed E-state index contributed by atoms with van der Waals surface area (Å²) >= 11 is 0. The number of ether oxygens (including phenoxy) is 2. The zero-order valence-electron chi connectivity index (χ0n) is 20.1. The third-order valence-electron chi connectivity index (χ3n) is 5.64. The maximum atomic E-state index is 12.6. The molecule has 0 aliphatic heterocycles. The minimum atomic E-state index is -0.473. The fourth-order valence-corrected chi connectivity index (χ4v) is 3.71. The Morgan fingerprint density at radius 2 is 1.64 bits per heavy atom. The summed E-state index contributed by atoms with van der Waals surface area (Å²) < 4.78 is 11.2. The predicted octanol–water partition coefficient (Wildman–Crippen LogP) is 5.93. The molecule has 0 aliphatic rings. The lowest BCUT2D eigenvalue weighted by Crippen LogP contribution is -2.24. The number of hydrogen-bond donors (Lipinski definition) is 1. The number of fused-ring (bicyclic) bond motifs is 1. The molecule has 36 heavy (non-hydrogen) atoms. The third kappa shape index (κ3) is 6.57. The van der Waals surface area contributed by atoms with Gasteiger partial charge in [0.05, 0.1) is 11.8 Å². The van der Waals surface area contributed by atoms with E-state index in [2.05, 4.69) is 17.5 Å². The van der Waals surface area contributed by atoms with Gasteiger partial charge in [-0.3, -0.25) is 4.79 Å². The molecule has 0 unspecified atom stereocenters. The first kappa shape index (κ1) is 24.7. The van der Waals surface area contributed by atoms with Crippen molar-refractivity contribution >= 4 is 28.9 Å². The average Bonchev–Trinajstić information content (AvgIpc) is 2.92. The van der Waals surface area contributed by atoms with E-state index in [1.54, 1.807) is 30.3 Å². The Hall–Kier alpha value is -4.45. The Balaban J connectivity index is 1.42. The molecule has 6 nitrogen and oxygen atoms in total. The quantitative estimate of drug-likeness (QED) is 0.132. The first-order valence-electron chi connectivity index (χ1n) is 12.0. The van der Waals surface area contributed by atoms with Gasteiger partial charge in [-0.15, -0.1) is 0 Å². The monoisotopic (exact) mass is 480 g/mol. The molecule has 0 atom stereocenters. The SMILES string of the molecule is CCCCc1ccc(OCC(=O)N/N=C\c2c(OC(=O)c3ccccc3)ccc3ccccc23)cc1. The van der Waals surface area contributed by atoms with Crippen LogP contribution in [-0.2, 0) is 11.2 Å². The lowest BCUT2D eigenvalue weighted by atomic mass is 10.0. The molecule has 0 spiro atoms. The Kier molecular flexibility index (Phi) is 8.44. The number of hydrogen-bond acceptors (Lipinski definition) is 5. The fourth-order valence-electron chi connectivity index (χ4n) is 3.71. The van der Waals surface area contributed by atoms with E-state index in [0.29, 0.717) is 22.6 Å². The van der Waals surface area contributed by atoms with Crippen LogP contribution in [0.15, 0.2) is 96.1 Å². The molecule has 4 rings (SSSR count). The Morgan fingerprint density at radius 1 is 0.889 bits per heavy atom. The largest absolute Gasteiger partial charge is 0.484 e. The molecule has 1 amide bonds. The molecule has 0 fully saturated rings. The van der Waals surface area contributed by atoms with Crippen LogP contribution < -0.4 is 14.9 Å². The zero-order chi connectivity index (χ0) is 25.2. The van der Waals surface area contributed by atoms with Crippen LogP contribution in [0.3, 0.4) is 0 Å². The van der Waals surface area contributed by atoms with Crippen LogP contribution in [0.5, 0.6) is 11.5 Å². The zero-order valence-corrected chi connectivity index (χ0v) is 20.1. The van der Waals surface area contributed by atoms with Crippen molar-refractivity contribution in [3.63, 3.8) is 0 Å². The molecule has 0 radical (unpaired) electrons. The lowest BCUT2D eigenvalue weighted by molar-refractivity contribution is -0.123. The molecule has 0 saturated carbocycles. The molecule has 4 aromatic carbocycles. The number of benzene rings is 4. The van der Waals surface area contributed by atoms with E-state index < -0.39 is 11.9 Å². The number of rotatable bonds is 10. The van der Waals surface area contributed by atoms with Crippen molar-refractivity contribution in [2.45, 2.75) is 26.2 Å². The van der Waals surface area contributed by atoms with Gasteiger partial charge in [0.25, 0.3) is 5.91 Å². The molecule has 0 aliphatic carbocycles. The van der Waals surface area contributed by atoms with Crippen LogP contribution in [0.1, 0.15) is 41.3 Å². The fraction of sp³-hybridized carbons (Fsp3) is 0.167. The van der Waals surface area contributed by atoms with Crippen molar-refractivity contribution in [1.29, 1.82) is 0 Å². The van der Waals surface area contributed by atoms with Crippen LogP contribution in [0.4, 0.5) is 0 Å². The standard InChI is InChI=1S/C30H28N2O4/c1-2-3-9-22-14-17-25(18-15-22)35-21-29(33)32-31-20-27-26-13-8-7-10-23(26)16-19-28(27)36-30(34)24-11-5-4-6-12-24/h4-8,10-20H,2-3,9,21H2,1H3,(H,32,33)/b31-20-. The summed E-state index contributed by atoms with van der Waals surface area (Å²) in [6, 6.07) is 27.8. The van der Waals surface area contributed by atoms with E-state index >= 15 is 0 Å². The summed E-state index contributed by atoms with van der Waals surface area (Å²) in [6.07, 6.45) is 4.80. The highest BCUT2D eigenvalue weighted by atomic mass is 16.5. The normalized spacial score (nSPS) is 10.9. The van der Waals surface area contributed by atoms with Gasteiger partial charge < -0.3 is 9.47 Å².